The SMILES string of the molecule is CCCC(C)(Cc1cccc([N+](=O)[O-])c1)C(=O)O. The molecule has 5 nitrogen and oxygen atoms in total. The summed E-state index contributed by atoms with van der Waals surface area (Å²) in [6.45, 7) is 3.60. The zero-order chi connectivity index (χ0) is 13.8. The molecule has 1 aromatic carbocycles. The molecule has 0 radical (unpaired) electrons. The third-order valence-corrected chi connectivity index (χ3v) is 3.03. The molecule has 1 aromatic rings. The zero-order valence-electron chi connectivity index (χ0n) is 10.5. The minimum Gasteiger partial charge on any atom is -0.481 e. The summed E-state index contributed by atoms with van der Waals surface area (Å²) >= 11 is 0. The molecule has 0 bridgehead atoms. The summed E-state index contributed by atoms with van der Waals surface area (Å²) in [4.78, 5) is 21.5. The highest BCUT2D eigenvalue weighted by molar-refractivity contribution is 5.74. The number of carboxylic acid groups (broad SMARTS) is 1. The number of nitro groups is 1. The first-order valence-corrected chi connectivity index (χ1v) is 5.86. The Morgan fingerprint density at radius 1 is 1.50 bits per heavy atom. The van der Waals surface area contributed by atoms with Gasteiger partial charge in [0.25, 0.3) is 5.69 Å². The lowest BCUT2D eigenvalue weighted by Gasteiger charge is -2.24. The van der Waals surface area contributed by atoms with Crippen LogP contribution in [0.2, 0.25) is 0 Å². The second kappa shape index (κ2) is 5.62. The van der Waals surface area contributed by atoms with Crippen LogP contribution in [0.4, 0.5) is 5.69 Å². The number of aliphatic carboxylic acids is 1. The van der Waals surface area contributed by atoms with E-state index in [0.717, 1.165) is 6.42 Å². The van der Waals surface area contributed by atoms with Gasteiger partial charge in [0.05, 0.1) is 10.3 Å². The first-order chi connectivity index (χ1) is 8.39. The van der Waals surface area contributed by atoms with Crippen molar-refractivity contribution in [1.29, 1.82) is 0 Å². The van der Waals surface area contributed by atoms with Crippen molar-refractivity contribution >= 4 is 11.7 Å². The molecule has 0 heterocycles. The van der Waals surface area contributed by atoms with Gasteiger partial charge >= 0.3 is 5.97 Å². The number of non-ortho nitro benzene ring substituents is 1. The van der Waals surface area contributed by atoms with Gasteiger partial charge in [-0.1, -0.05) is 25.5 Å². The third-order valence-electron chi connectivity index (χ3n) is 3.03. The second-order valence-corrected chi connectivity index (χ2v) is 4.72. The van der Waals surface area contributed by atoms with Crippen molar-refractivity contribution in [3.05, 3.63) is 39.9 Å². The molecule has 0 aromatic heterocycles. The Morgan fingerprint density at radius 3 is 2.67 bits per heavy atom. The molecule has 1 atom stereocenters. The monoisotopic (exact) mass is 251 g/mol. The van der Waals surface area contributed by atoms with Gasteiger partial charge in [0.1, 0.15) is 0 Å². The van der Waals surface area contributed by atoms with E-state index in [1.165, 1.54) is 12.1 Å². The molecular weight excluding hydrogens is 234 g/mol. The lowest BCUT2D eigenvalue weighted by atomic mass is 9.80. The summed E-state index contributed by atoms with van der Waals surface area (Å²) in [5, 5.41) is 19.9. The Bertz CT molecular complexity index is 458. The van der Waals surface area contributed by atoms with Gasteiger partial charge in [0, 0.05) is 12.1 Å². The maximum Gasteiger partial charge on any atom is 0.309 e. The zero-order valence-corrected chi connectivity index (χ0v) is 10.5. The van der Waals surface area contributed by atoms with Gasteiger partial charge in [-0.3, -0.25) is 14.9 Å². The van der Waals surface area contributed by atoms with Crippen molar-refractivity contribution in [3.8, 4) is 0 Å². The van der Waals surface area contributed by atoms with Gasteiger partial charge in [-0.15, -0.1) is 0 Å². The van der Waals surface area contributed by atoms with Crippen LogP contribution in [0.15, 0.2) is 24.3 Å². The van der Waals surface area contributed by atoms with Crippen LogP contribution in [-0.2, 0) is 11.2 Å². The summed E-state index contributed by atoms with van der Waals surface area (Å²) < 4.78 is 0. The molecule has 5 heteroatoms. The minimum absolute atomic E-state index is 0.00302. The molecule has 0 aliphatic heterocycles. The van der Waals surface area contributed by atoms with Gasteiger partial charge in [-0.05, 0) is 25.3 Å². The molecule has 0 saturated heterocycles. The molecule has 1 unspecified atom stereocenters. The van der Waals surface area contributed by atoms with Crippen LogP contribution in [0, 0.1) is 15.5 Å². The van der Waals surface area contributed by atoms with E-state index < -0.39 is 16.3 Å². The Hall–Kier alpha value is -1.91. The first-order valence-electron chi connectivity index (χ1n) is 5.86. The largest absolute Gasteiger partial charge is 0.481 e. The fourth-order valence-corrected chi connectivity index (χ4v) is 2.05. The van der Waals surface area contributed by atoms with Gasteiger partial charge in [-0.25, -0.2) is 0 Å². The smallest absolute Gasteiger partial charge is 0.309 e. The summed E-state index contributed by atoms with van der Waals surface area (Å²) in [7, 11) is 0. The maximum absolute atomic E-state index is 11.3. The Balaban J connectivity index is 2.97. The molecule has 0 spiro atoms. The van der Waals surface area contributed by atoms with E-state index in [1.807, 2.05) is 6.92 Å². The van der Waals surface area contributed by atoms with Crippen molar-refractivity contribution in [2.75, 3.05) is 0 Å². The molecule has 0 aliphatic carbocycles. The molecular formula is C13H17NO4. The Morgan fingerprint density at radius 2 is 2.17 bits per heavy atom. The predicted molar refractivity (Wildman–Crippen MR) is 67.5 cm³/mol. The normalized spacial score (nSPS) is 13.9. The van der Waals surface area contributed by atoms with E-state index in [1.54, 1.807) is 19.1 Å². The molecule has 1 rings (SSSR count). The number of carboxylic acids is 1. The number of carbonyl (C=O) groups is 1. The molecule has 0 aliphatic rings. The highest BCUT2D eigenvalue weighted by atomic mass is 16.6. The highest BCUT2D eigenvalue weighted by Crippen LogP contribution is 2.29. The van der Waals surface area contributed by atoms with E-state index in [-0.39, 0.29) is 5.69 Å². The summed E-state index contributed by atoms with van der Waals surface area (Å²) in [5.74, 6) is -0.865. The van der Waals surface area contributed by atoms with Gasteiger partial charge < -0.3 is 5.11 Å². The third kappa shape index (κ3) is 3.29. The van der Waals surface area contributed by atoms with Crippen LogP contribution in [0.5, 0.6) is 0 Å². The van der Waals surface area contributed by atoms with E-state index in [0.29, 0.717) is 18.4 Å². The van der Waals surface area contributed by atoms with Crippen LogP contribution in [0.3, 0.4) is 0 Å². The quantitative estimate of drug-likeness (QED) is 0.622. The van der Waals surface area contributed by atoms with E-state index in [2.05, 4.69) is 0 Å². The topological polar surface area (TPSA) is 80.4 Å². The van der Waals surface area contributed by atoms with E-state index >= 15 is 0 Å². The predicted octanol–water partition coefficient (Wildman–Crippen LogP) is 3.03. The maximum atomic E-state index is 11.3. The average molecular weight is 251 g/mol. The van der Waals surface area contributed by atoms with Crippen LogP contribution in [0.25, 0.3) is 0 Å². The molecule has 18 heavy (non-hydrogen) atoms. The Labute approximate surface area is 106 Å². The van der Waals surface area contributed by atoms with Gasteiger partial charge in [0.2, 0.25) is 0 Å². The Kier molecular flexibility index (Phi) is 4.42. The number of hydrogen-bond donors (Lipinski definition) is 1. The second-order valence-electron chi connectivity index (χ2n) is 4.72. The van der Waals surface area contributed by atoms with Crippen LogP contribution in [-0.4, -0.2) is 16.0 Å². The fraction of sp³-hybridized carbons (Fsp3) is 0.462. The lowest BCUT2D eigenvalue weighted by Crippen LogP contribution is -2.29. The number of hydrogen-bond acceptors (Lipinski definition) is 3. The molecule has 98 valence electrons. The van der Waals surface area contributed by atoms with Crippen molar-refractivity contribution in [2.24, 2.45) is 5.41 Å². The van der Waals surface area contributed by atoms with Crippen LogP contribution >= 0.6 is 0 Å². The fourth-order valence-electron chi connectivity index (χ4n) is 2.05. The molecule has 0 amide bonds. The molecule has 0 fully saturated rings. The number of nitrogens with zero attached hydrogens (tertiary/aromatic N) is 1. The van der Waals surface area contributed by atoms with E-state index in [4.69, 9.17) is 0 Å². The van der Waals surface area contributed by atoms with E-state index in [9.17, 15) is 20.0 Å². The number of rotatable bonds is 6. The van der Waals surface area contributed by atoms with Gasteiger partial charge in [-0.2, -0.15) is 0 Å². The minimum atomic E-state index is -0.871. The van der Waals surface area contributed by atoms with Crippen molar-refractivity contribution in [3.63, 3.8) is 0 Å². The van der Waals surface area contributed by atoms with Crippen molar-refractivity contribution < 1.29 is 14.8 Å². The van der Waals surface area contributed by atoms with Gasteiger partial charge in [0.15, 0.2) is 0 Å². The van der Waals surface area contributed by atoms with Crippen LogP contribution in [0.1, 0.15) is 32.3 Å². The highest BCUT2D eigenvalue weighted by Gasteiger charge is 2.32. The number of benzene rings is 1. The molecule has 0 saturated carbocycles. The molecule has 1 N–H and O–H groups in total. The first kappa shape index (κ1) is 14.2. The summed E-state index contributed by atoms with van der Waals surface area (Å²) in [5.41, 5.74) is -0.191. The number of nitro benzene ring substituents is 1. The summed E-state index contributed by atoms with van der Waals surface area (Å²) in [6.07, 6.45) is 1.61. The average Bonchev–Trinajstić information content (AvgIpc) is 2.29. The lowest BCUT2D eigenvalue weighted by molar-refractivity contribution is -0.384. The van der Waals surface area contributed by atoms with Crippen molar-refractivity contribution in [2.45, 2.75) is 33.1 Å². The standard InChI is InChI=1S/C13H17NO4/c1-3-7-13(2,12(15)16)9-10-5-4-6-11(8-10)14(17)18/h4-6,8H,3,7,9H2,1-2H3,(H,15,16). The van der Waals surface area contributed by atoms with Crippen molar-refractivity contribution in [1.82, 2.24) is 0 Å². The van der Waals surface area contributed by atoms with Crippen LogP contribution < -0.4 is 0 Å². The summed E-state index contributed by atoms with van der Waals surface area (Å²) in [6, 6.07) is 6.16.